The molecule has 2 nitrogen and oxygen atoms in total. The smallest absolute Gasteiger partial charge is 0.115 e. The summed E-state index contributed by atoms with van der Waals surface area (Å²) >= 11 is 0. The van der Waals surface area contributed by atoms with Gasteiger partial charge in [0.15, 0.2) is 0 Å². The third kappa shape index (κ3) is 3.47. The van der Waals surface area contributed by atoms with Gasteiger partial charge >= 0.3 is 0 Å². The molecule has 0 bridgehead atoms. The normalized spacial score (nSPS) is 24.1. The van der Waals surface area contributed by atoms with Crippen LogP contribution < -0.4 is 5.32 Å². The molecule has 0 spiro atoms. The second-order valence-electron chi connectivity index (χ2n) is 5.08. The number of phenols is 1. The zero-order chi connectivity index (χ0) is 12.1. The van der Waals surface area contributed by atoms with Crippen LogP contribution in [0.3, 0.4) is 0 Å². The third-order valence-corrected chi connectivity index (χ3v) is 3.94. The van der Waals surface area contributed by atoms with Crippen LogP contribution in [0.25, 0.3) is 0 Å². The summed E-state index contributed by atoms with van der Waals surface area (Å²) in [4.78, 5) is 0. The summed E-state index contributed by atoms with van der Waals surface area (Å²) in [6, 6.07) is 8.27. The summed E-state index contributed by atoms with van der Waals surface area (Å²) in [6.45, 7) is 3.34. The summed E-state index contributed by atoms with van der Waals surface area (Å²) in [5.41, 5.74) is 1.29. The molecule has 17 heavy (non-hydrogen) atoms. The lowest BCUT2D eigenvalue weighted by Gasteiger charge is -2.19. The molecule has 1 aromatic carbocycles. The Balaban J connectivity index is 1.74. The summed E-state index contributed by atoms with van der Waals surface area (Å²) in [5, 5.41) is 12.9. The van der Waals surface area contributed by atoms with Gasteiger partial charge in [0, 0.05) is 6.04 Å². The van der Waals surface area contributed by atoms with Crippen molar-refractivity contribution >= 4 is 0 Å². The van der Waals surface area contributed by atoms with Gasteiger partial charge in [0.1, 0.15) is 5.75 Å². The van der Waals surface area contributed by atoms with Crippen molar-refractivity contribution < 1.29 is 5.11 Å². The van der Waals surface area contributed by atoms with Crippen LogP contribution in [0.4, 0.5) is 0 Å². The molecule has 1 aromatic rings. The lowest BCUT2D eigenvalue weighted by Crippen LogP contribution is -2.33. The minimum Gasteiger partial charge on any atom is -0.508 e. The van der Waals surface area contributed by atoms with Gasteiger partial charge in [0.2, 0.25) is 0 Å². The predicted octanol–water partition coefficient (Wildman–Crippen LogP) is 3.10. The Morgan fingerprint density at radius 2 is 2.00 bits per heavy atom. The van der Waals surface area contributed by atoms with Crippen LogP contribution in [0.15, 0.2) is 24.3 Å². The standard InChI is InChI=1S/C15H23NO/c1-2-13-4-3-5-15(13)16-11-10-12-6-8-14(17)9-7-12/h6-9,13,15-17H,2-5,10-11H2,1H3. The van der Waals surface area contributed by atoms with Gasteiger partial charge in [-0.3, -0.25) is 0 Å². The highest BCUT2D eigenvalue weighted by molar-refractivity contribution is 5.25. The first-order valence-corrected chi connectivity index (χ1v) is 6.81. The van der Waals surface area contributed by atoms with Crippen LogP contribution in [0.2, 0.25) is 0 Å². The largest absolute Gasteiger partial charge is 0.508 e. The van der Waals surface area contributed by atoms with E-state index in [0.717, 1.165) is 24.9 Å². The van der Waals surface area contributed by atoms with Crippen LogP contribution in [0, 0.1) is 5.92 Å². The van der Waals surface area contributed by atoms with Crippen LogP contribution in [-0.2, 0) is 6.42 Å². The highest BCUT2D eigenvalue weighted by Gasteiger charge is 2.24. The molecule has 0 radical (unpaired) electrons. The second-order valence-corrected chi connectivity index (χ2v) is 5.08. The molecular weight excluding hydrogens is 210 g/mol. The van der Waals surface area contributed by atoms with Gasteiger partial charge < -0.3 is 10.4 Å². The molecule has 2 atom stereocenters. The highest BCUT2D eigenvalue weighted by atomic mass is 16.3. The Bertz CT molecular complexity index is 333. The monoisotopic (exact) mass is 233 g/mol. The van der Waals surface area contributed by atoms with E-state index in [1.54, 1.807) is 12.1 Å². The average Bonchev–Trinajstić information content (AvgIpc) is 2.79. The Labute approximate surface area is 104 Å². The van der Waals surface area contributed by atoms with Crippen molar-refractivity contribution in [3.05, 3.63) is 29.8 Å². The van der Waals surface area contributed by atoms with E-state index in [1.807, 2.05) is 12.1 Å². The molecule has 1 saturated carbocycles. The van der Waals surface area contributed by atoms with E-state index in [-0.39, 0.29) is 0 Å². The van der Waals surface area contributed by atoms with E-state index in [0.29, 0.717) is 5.75 Å². The number of benzene rings is 1. The third-order valence-electron chi connectivity index (χ3n) is 3.94. The summed E-state index contributed by atoms with van der Waals surface area (Å²) in [6.07, 6.45) is 6.47. The van der Waals surface area contributed by atoms with Gasteiger partial charge in [-0.25, -0.2) is 0 Å². The number of nitrogens with one attached hydrogen (secondary N) is 1. The van der Waals surface area contributed by atoms with Gasteiger partial charge in [-0.05, 0) is 49.4 Å². The van der Waals surface area contributed by atoms with Crippen molar-refractivity contribution in [3.63, 3.8) is 0 Å². The summed E-state index contributed by atoms with van der Waals surface area (Å²) in [5.74, 6) is 1.23. The van der Waals surface area contributed by atoms with E-state index < -0.39 is 0 Å². The van der Waals surface area contributed by atoms with Gasteiger partial charge in [0.05, 0.1) is 0 Å². The maximum absolute atomic E-state index is 9.21. The molecule has 1 aliphatic rings. The first kappa shape index (κ1) is 12.4. The molecule has 0 aliphatic heterocycles. The second kappa shape index (κ2) is 6.06. The van der Waals surface area contributed by atoms with E-state index in [2.05, 4.69) is 12.2 Å². The van der Waals surface area contributed by atoms with Gasteiger partial charge in [-0.15, -0.1) is 0 Å². The molecule has 2 heteroatoms. The van der Waals surface area contributed by atoms with Crippen LogP contribution >= 0.6 is 0 Å². The number of phenolic OH excluding ortho intramolecular Hbond substituents is 1. The Morgan fingerprint density at radius 3 is 2.71 bits per heavy atom. The SMILES string of the molecule is CCC1CCCC1NCCc1ccc(O)cc1. The molecule has 1 fully saturated rings. The van der Waals surface area contributed by atoms with E-state index >= 15 is 0 Å². The Kier molecular flexibility index (Phi) is 4.43. The van der Waals surface area contributed by atoms with E-state index in [9.17, 15) is 5.11 Å². The van der Waals surface area contributed by atoms with Crippen molar-refractivity contribution in [3.8, 4) is 5.75 Å². The molecule has 2 unspecified atom stereocenters. The van der Waals surface area contributed by atoms with Crippen molar-refractivity contribution in [2.24, 2.45) is 5.92 Å². The topological polar surface area (TPSA) is 32.3 Å². The average molecular weight is 233 g/mol. The number of rotatable bonds is 5. The summed E-state index contributed by atoms with van der Waals surface area (Å²) in [7, 11) is 0. The molecular formula is C15H23NO. The molecule has 0 amide bonds. The lowest BCUT2D eigenvalue weighted by molar-refractivity contribution is 0.393. The first-order valence-electron chi connectivity index (χ1n) is 6.81. The molecule has 0 aromatic heterocycles. The molecule has 2 rings (SSSR count). The van der Waals surface area contributed by atoms with E-state index in [4.69, 9.17) is 0 Å². The van der Waals surface area contributed by atoms with Crippen molar-refractivity contribution in [1.29, 1.82) is 0 Å². The van der Waals surface area contributed by atoms with Gasteiger partial charge in [-0.1, -0.05) is 31.9 Å². The van der Waals surface area contributed by atoms with Crippen molar-refractivity contribution in [1.82, 2.24) is 5.32 Å². The fourth-order valence-electron chi connectivity index (χ4n) is 2.86. The maximum Gasteiger partial charge on any atom is 0.115 e. The van der Waals surface area contributed by atoms with Crippen LogP contribution in [-0.4, -0.2) is 17.7 Å². The van der Waals surface area contributed by atoms with Gasteiger partial charge in [-0.2, -0.15) is 0 Å². The first-order chi connectivity index (χ1) is 8.29. The molecule has 0 heterocycles. The fraction of sp³-hybridized carbons (Fsp3) is 0.600. The van der Waals surface area contributed by atoms with Crippen LogP contribution in [0.1, 0.15) is 38.2 Å². The number of hydrogen-bond acceptors (Lipinski definition) is 2. The maximum atomic E-state index is 9.21. The van der Waals surface area contributed by atoms with Gasteiger partial charge in [0.25, 0.3) is 0 Å². The number of hydrogen-bond donors (Lipinski definition) is 2. The minimum atomic E-state index is 0.351. The van der Waals surface area contributed by atoms with E-state index in [1.165, 1.54) is 31.2 Å². The minimum absolute atomic E-state index is 0.351. The summed E-state index contributed by atoms with van der Waals surface area (Å²) < 4.78 is 0. The Hall–Kier alpha value is -1.02. The molecule has 2 N–H and O–H groups in total. The number of aromatic hydroxyl groups is 1. The zero-order valence-corrected chi connectivity index (χ0v) is 10.7. The highest BCUT2D eigenvalue weighted by Crippen LogP contribution is 2.27. The van der Waals surface area contributed by atoms with Crippen molar-refractivity contribution in [2.75, 3.05) is 6.54 Å². The lowest BCUT2D eigenvalue weighted by atomic mass is 10.0. The molecule has 94 valence electrons. The van der Waals surface area contributed by atoms with Crippen LogP contribution in [0.5, 0.6) is 5.75 Å². The van der Waals surface area contributed by atoms with Crippen molar-refractivity contribution in [2.45, 2.75) is 45.1 Å². The quantitative estimate of drug-likeness (QED) is 0.819. The zero-order valence-electron chi connectivity index (χ0n) is 10.7. The predicted molar refractivity (Wildman–Crippen MR) is 71.2 cm³/mol. The molecule has 1 aliphatic carbocycles. The molecule has 0 saturated heterocycles. The fourth-order valence-corrected chi connectivity index (χ4v) is 2.86. The Morgan fingerprint density at radius 1 is 1.24 bits per heavy atom.